The molecule has 1 heteroatoms. The van der Waals surface area contributed by atoms with Gasteiger partial charge in [0.2, 0.25) is 0 Å². The van der Waals surface area contributed by atoms with Gasteiger partial charge >= 0.3 is 172 Å². The molecule has 146 valence electrons. The molecule has 3 rings (SSSR count). The minimum absolute atomic E-state index is 1.26. The number of allylic oxidation sites excluding steroid dienone is 2. The van der Waals surface area contributed by atoms with Crippen LogP contribution in [0.25, 0.3) is 10.8 Å². The second-order valence-corrected chi connectivity index (χ2v) is 21.0. The molecule has 0 nitrogen and oxygen atoms in total. The molecule has 0 radical (unpaired) electrons. The molecule has 0 atom stereocenters. The fourth-order valence-electron chi connectivity index (χ4n) is 4.97. The molecule has 2 aromatic carbocycles. The van der Waals surface area contributed by atoms with Crippen LogP contribution in [0.2, 0.25) is 8.87 Å². The summed E-state index contributed by atoms with van der Waals surface area (Å²) < 4.78 is 7.39. The van der Waals surface area contributed by atoms with Crippen LogP contribution in [0.3, 0.4) is 0 Å². The Hall–Kier alpha value is -0.761. The Labute approximate surface area is 171 Å². The summed E-state index contributed by atoms with van der Waals surface area (Å²) in [6.45, 7) is 7.11. The molecule has 0 aliphatic carbocycles. The Kier molecular flexibility index (Phi) is 7.87. The quantitative estimate of drug-likeness (QED) is 0.274. The Morgan fingerprint density at radius 2 is 1.26 bits per heavy atom. The summed E-state index contributed by atoms with van der Waals surface area (Å²) in [5.41, 5.74) is 1.54. The monoisotopic (exact) mass is 470 g/mol. The van der Waals surface area contributed by atoms with Gasteiger partial charge in [0, 0.05) is 0 Å². The molecule has 0 spiro atoms. The average molecular weight is 469 g/mol. The molecule has 0 fully saturated rings. The predicted octanol–water partition coefficient (Wildman–Crippen LogP) is 8.40. The van der Waals surface area contributed by atoms with Crippen molar-refractivity contribution in [2.24, 2.45) is 0 Å². The molecule has 1 aliphatic heterocycles. The van der Waals surface area contributed by atoms with Gasteiger partial charge in [-0.05, 0) is 0 Å². The molecule has 0 saturated heterocycles. The molecule has 0 N–H and O–H groups in total. The first-order chi connectivity index (χ1) is 13.2. The van der Waals surface area contributed by atoms with Crippen molar-refractivity contribution >= 4 is 29.1 Å². The summed E-state index contributed by atoms with van der Waals surface area (Å²) in [7, 11) is 0. The van der Waals surface area contributed by atoms with Gasteiger partial charge in [0.15, 0.2) is 0 Å². The van der Waals surface area contributed by atoms with Crippen molar-refractivity contribution in [3.05, 3.63) is 55.2 Å². The van der Waals surface area contributed by atoms with E-state index in [-0.39, 0.29) is 0 Å². The summed E-state index contributed by atoms with van der Waals surface area (Å²) >= 11 is -2.03. The number of unbranched alkanes of at least 4 members (excludes halogenated alkanes) is 3. The van der Waals surface area contributed by atoms with Crippen LogP contribution in [0.5, 0.6) is 0 Å². The van der Waals surface area contributed by atoms with Crippen molar-refractivity contribution in [2.75, 3.05) is 0 Å². The van der Waals surface area contributed by atoms with Crippen LogP contribution in [-0.2, 0) is 6.42 Å². The van der Waals surface area contributed by atoms with Crippen LogP contribution in [-0.4, -0.2) is 18.4 Å². The van der Waals surface area contributed by atoms with Crippen molar-refractivity contribution in [2.45, 2.75) is 87.4 Å². The van der Waals surface area contributed by atoms with E-state index < -0.39 is 18.4 Å². The molecule has 0 aromatic heterocycles. The van der Waals surface area contributed by atoms with E-state index in [1.54, 1.807) is 8.87 Å². The first-order valence-electron chi connectivity index (χ1n) is 11.5. The summed E-state index contributed by atoms with van der Waals surface area (Å²) in [6.07, 6.45) is 12.6. The first-order valence-corrected chi connectivity index (χ1v) is 18.3. The molecule has 1 aliphatic rings. The zero-order valence-corrected chi connectivity index (χ0v) is 20.7. The van der Waals surface area contributed by atoms with Gasteiger partial charge < -0.3 is 0 Å². The third-order valence-corrected chi connectivity index (χ3v) is 22.6. The third-order valence-electron chi connectivity index (χ3n) is 6.63. The van der Waals surface area contributed by atoms with E-state index in [0.717, 1.165) is 0 Å². The fourth-order valence-corrected chi connectivity index (χ4v) is 25.1. The standard InChI is InChI=1S/C18H20.2C4H9.Sn/c1-2-3-4-5-6-7-10-16-13-14-17-11-8-9-12-18(17)15-16;2*1-3-4-2;/h8-9,11-15H,2-4,7,10H2,1H3;2*1,3-4H2,2H3;. The second-order valence-electron chi connectivity index (χ2n) is 8.53. The number of aryl methyl sites for hydroxylation is 1. The van der Waals surface area contributed by atoms with Gasteiger partial charge in [0.1, 0.15) is 0 Å². The summed E-state index contributed by atoms with van der Waals surface area (Å²) in [4.78, 5) is 0. The van der Waals surface area contributed by atoms with Crippen LogP contribution in [0.15, 0.2) is 49.6 Å². The Morgan fingerprint density at radius 1 is 0.630 bits per heavy atom. The van der Waals surface area contributed by atoms with E-state index in [0.29, 0.717) is 0 Å². The Bertz CT molecular complexity index is 763. The third kappa shape index (κ3) is 4.99. The SMILES string of the molecule is CCCC[C]1=[C](CCc2ccc3ccccc3c2)[Sn]1([CH2]CCC)[CH2]CCC. The summed E-state index contributed by atoms with van der Waals surface area (Å²) in [5, 5.41) is 2.77. The maximum absolute atomic E-state index is 2.43. The molecule has 0 amide bonds. The van der Waals surface area contributed by atoms with Gasteiger partial charge in [-0.2, -0.15) is 0 Å². The van der Waals surface area contributed by atoms with E-state index >= 15 is 0 Å². The van der Waals surface area contributed by atoms with Crippen molar-refractivity contribution in [3.8, 4) is 0 Å². The molecule has 0 saturated carbocycles. The van der Waals surface area contributed by atoms with Gasteiger partial charge in [-0.15, -0.1) is 0 Å². The fraction of sp³-hybridized carbons (Fsp3) is 0.538. The zero-order chi connectivity index (χ0) is 19.1. The van der Waals surface area contributed by atoms with Crippen LogP contribution in [0.4, 0.5) is 0 Å². The molecular weight excluding hydrogens is 431 g/mol. The summed E-state index contributed by atoms with van der Waals surface area (Å²) in [5.74, 6) is 0. The number of hydrogen-bond acceptors (Lipinski definition) is 0. The van der Waals surface area contributed by atoms with E-state index in [1.165, 1.54) is 74.1 Å². The van der Waals surface area contributed by atoms with Crippen LogP contribution in [0, 0.1) is 0 Å². The predicted molar refractivity (Wildman–Crippen MR) is 124 cm³/mol. The van der Waals surface area contributed by atoms with E-state index in [9.17, 15) is 0 Å². The van der Waals surface area contributed by atoms with Gasteiger partial charge in [-0.1, -0.05) is 0 Å². The second kappa shape index (κ2) is 10.1. The molecule has 0 bridgehead atoms. The Balaban J connectivity index is 1.72. The van der Waals surface area contributed by atoms with E-state index in [1.807, 2.05) is 0 Å². The molecule has 27 heavy (non-hydrogen) atoms. The van der Waals surface area contributed by atoms with Crippen LogP contribution < -0.4 is 0 Å². The van der Waals surface area contributed by atoms with Crippen LogP contribution >= 0.6 is 0 Å². The first kappa shape index (κ1) is 21.0. The molecule has 2 aromatic rings. The van der Waals surface area contributed by atoms with Gasteiger partial charge in [-0.3, -0.25) is 0 Å². The summed E-state index contributed by atoms with van der Waals surface area (Å²) in [6, 6.07) is 15.9. The number of fused-ring (bicyclic) bond motifs is 1. The normalized spacial score (nSPS) is 15.5. The van der Waals surface area contributed by atoms with Gasteiger partial charge in [0.05, 0.1) is 0 Å². The van der Waals surface area contributed by atoms with Crippen molar-refractivity contribution in [3.63, 3.8) is 0 Å². The minimum atomic E-state index is -2.03. The maximum atomic E-state index is 2.43. The van der Waals surface area contributed by atoms with E-state index in [2.05, 4.69) is 70.4 Å². The Morgan fingerprint density at radius 3 is 1.93 bits per heavy atom. The number of rotatable bonds is 12. The van der Waals surface area contributed by atoms with Crippen molar-refractivity contribution < 1.29 is 0 Å². The topological polar surface area (TPSA) is 0 Å². The van der Waals surface area contributed by atoms with Gasteiger partial charge in [-0.25, -0.2) is 0 Å². The number of hydrogen-bond donors (Lipinski definition) is 0. The number of benzene rings is 2. The van der Waals surface area contributed by atoms with E-state index in [4.69, 9.17) is 0 Å². The average Bonchev–Trinajstić information content (AvgIpc) is 3.32. The molecular formula is C26H38Sn. The van der Waals surface area contributed by atoms with Crippen molar-refractivity contribution in [1.82, 2.24) is 0 Å². The molecule has 0 unspecified atom stereocenters. The van der Waals surface area contributed by atoms with Crippen molar-refractivity contribution in [1.29, 1.82) is 0 Å². The van der Waals surface area contributed by atoms with Crippen LogP contribution in [0.1, 0.15) is 77.7 Å². The molecule has 1 heterocycles. The van der Waals surface area contributed by atoms with Gasteiger partial charge in [0.25, 0.3) is 0 Å². The zero-order valence-electron chi connectivity index (χ0n) is 17.8.